The third kappa shape index (κ3) is 4.57. The lowest BCUT2D eigenvalue weighted by Crippen LogP contribution is -2.48. The smallest absolute Gasteiger partial charge is 0.173 e. The van der Waals surface area contributed by atoms with Gasteiger partial charge in [-0.2, -0.15) is 0 Å². The molecule has 0 radical (unpaired) electrons. The van der Waals surface area contributed by atoms with E-state index in [2.05, 4.69) is 79.8 Å². The molecule has 1 aromatic carbocycles. The zero-order valence-corrected chi connectivity index (χ0v) is 18.5. The molecule has 0 bridgehead atoms. The van der Waals surface area contributed by atoms with Crippen molar-refractivity contribution in [1.82, 2.24) is 30.0 Å². The van der Waals surface area contributed by atoms with Crippen molar-refractivity contribution in [3.05, 3.63) is 48.3 Å². The van der Waals surface area contributed by atoms with E-state index in [0.29, 0.717) is 6.04 Å². The molecule has 0 spiro atoms. The fourth-order valence-electron chi connectivity index (χ4n) is 4.83. The van der Waals surface area contributed by atoms with Gasteiger partial charge in [0.05, 0.1) is 12.1 Å². The number of nitrogens with zero attached hydrogens (tertiary/aromatic N) is 7. The Balaban J connectivity index is 1.64. The molecular formula is C23H35N7. The fraction of sp³-hybridized carbons (Fsp3) is 0.609. The minimum absolute atomic E-state index is 0.0871. The molecule has 1 unspecified atom stereocenters. The van der Waals surface area contributed by atoms with Gasteiger partial charge in [0.25, 0.3) is 0 Å². The van der Waals surface area contributed by atoms with Crippen molar-refractivity contribution >= 4 is 5.69 Å². The topological polar surface area (TPSA) is 53.3 Å². The highest BCUT2D eigenvalue weighted by Gasteiger charge is 2.32. The van der Waals surface area contributed by atoms with Crippen molar-refractivity contribution < 1.29 is 0 Å². The lowest BCUT2D eigenvalue weighted by Gasteiger charge is -2.39. The van der Waals surface area contributed by atoms with Crippen LogP contribution in [0.4, 0.5) is 5.69 Å². The maximum atomic E-state index is 4.58. The van der Waals surface area contributed by atoms with Crippen molar-refractivity contribution in [2.45, 2.75) is 44.2 Å². The summed E-state index contributed by atoms with van der Waals surface area (Å²) in [6.07, 6.45) is 8.22. The van der Waals surface area contributed by atoms with Gasteiger partial charge in [-0.25, -0.2) is 4.68 Å². The molecule has 0 N–H and O–H groups in total. The SMILES string of the molecule is C=CCN1CCN(C(c2ccc(N(C)C)cc2)c2nnnn2C2CCCCC2)CC1. The van der Waals surface area contributed by atoms with Crippen LogP contribution in [0.25, 0.3) is 0 Å². The van der Waals surface area contributed by atoms with E-state index in [1.54, 1.807) is 0 Å². The summed E-state index contributed by atoms with van der Waals surface area (Å²) in [6.45, 7) is 8.95. The van der Waals surface area contributed by atoms with Crippen LogP contribution in [-0.2, 0) is 0 Å². The van der Waals surface area contributed by atoms with Crippen LogP contribution in [0.2, 0.25) is 0 Å². The van der Waals surface area contributed by atoms with E-state index in [1.165, 1.54) is 43.4 Å². The molecule has 2 fully saturated rings. The summed E-state index contributed by atoms with van der Waals surface area (Å²) < 4.78 is 2.14. The molecule has 1 saturated heterocycles. The van der Waals surface area contributed by atoms with Crippen LogP contribution in [0.1, 0.15) is 55.6 Å². The molecule has 162 valence electrons. The molecule has 4 rings (SSSR count). The first-order valence-electron chi connectivity index (χ1n) is 11.3. The predicted octanol–water partition coefficient (Wildman–Crippen LogP) is 3.14. The van der Waals surface area contributed by atoms with E-state index in [1.807, 2.05) is 6.08 Å². The highest BCUT2D eigenvalue weighted by atomic mass is 15.6. The summed E-state index contributed by atoms with van der Waals surface area (Å²) in [4.78, 5) is 7.15. The van der Waals surface area contributed by atoms with Gasteiger partial charge in [-0.3, -0.25) is 9.80 Å². The maximum Gasteiger partial charge on any atom is 0.173 e. The van der Waals surface area contributed by atoms with Crippen LogP contribution in [0.15, 0.2) is 36.9 Å². The van der Waals surface area contributed by atoms with Gasteiger partial charge >= 0.3 is 0 Å². The summed E-state index contributed by atoms with van der Waals surface area (Å²) in [7, 11) is 4.16. The Morgan fingerprint density at radius 3 is 2.40 bits per heavy atom. The highest BCUT2D eigenvalue weighted by molar-refractivity contribution is 5.47. The van der Waals surface area contributed by atoms with Crippen molar-refractivity contribution in [1.29, 1.82) is 0 Å². The molecule has 7 nitrogen and oxygen atoms in total. The lowest BCUT2D eigenvalue weighted by atomic mass is 9.95. The Labute approximate surface area is 180 Å². The van der Waals surface area contributed by atoms with Gasteiger partial charge in [-0.15, -0.1) is 11.7 Å². The van der Waals surface area contributed by atoms with E-state index in [9.17, 15) is 0 Å². The van der Waals surface area contributed by atoms with Crippen molar-refractivity contribution in [2.24, 2.45) is 0 Å². The molecule has 2 heterocycles. The molecule has 1 aliphatic heterocycles. The molecule has 2 aromatic rings. The first kappa shape index (κ1) is 21.0. The lowest BCUT2D eigenvalue weighted by molar-refractivity contribution is 0.111. The highest BCUT2D eigenvalue weighted by Crippen LogP contribution is 2.34. The molecule has 0 amide bonds. The van der Waals surface area contributed by atoms with Gasteiger partial charge < -0.3 is 4.90 Å². The second-order valence-corrected chi connectivity index (χ2v) is 8.79. The zero-order valence-electron chi connectivity index (χ0n) is 18.5. The first-order valence-corrected chi connectivity index (χ1v) is 11.3. The number of hydrogen-bond donors (Lipinski definition) is 0. The fourth-order valence-corrected chi connectivity index (χ4v) is 4.83. The van der Waals surface area contributed by atoms with Gasteiger partial charge in [-0.05, 0) is 41.0 Å². The van der Waals surface area contributed by atoms with Crippen LogP contribution in [0, 0.1) is 0 Å². The third-order valence-corrected chi connectivity index (χ3v) is 6.57. The van der Waals surface area contributed by atoms with Gasteiger partial charge in [0.2, 0.25) is 0 Å². The first-order chi connectivity index (χ1) is 14.7. The summed E-state index contributed by atoms with van der Waals surface area (Å²) in [5, 5.41) is 13.2. The molecule has 1 aliphatic carbocycles. The Hall–Kier alpha value is -2.25. The maximum absolute atomic E-state index is 4.58. The van der Waals surface area contributed by atoms with Crippen molar-refractivity contribution in [2.75, 3.05) is 51.7 Å². The van der Waals surface area contributed by atoms with Gasteiger partial charge in [-0.1, -0.05) is 37.5 Å². The quantitative estimate of drug-likeness (QED) is 0.655. The minimum Gasteiger partial charge on any atom is -0.378 e. The number of anilines is 1. The summed E-state index contributed by atoms with van der Waals surface area (Å²) in [5.74, 6) is 0.997. The van der Waals surface area contributed by atoms with E-state index >= 15 is 0 Å². The number of hydrogen-bond acceptors (Lipinski definition) is 6. The average Bonchev–Trinajstić information content (AvgIpc) is 3.26. The third-order valence-electron chi connectivity index (χ3n) is 6.57. The second-order valence-electron chi connectivity index (χ2n) is 8.79. The Morgan fingerprint density at radius 2 is 1.77 bits per heavy atom. The largest absolute Gasteiger partial charge is 0.378 e. The molecule has 1 saturated carbocycles. The summed E-state index contributed by atoms with van der Waals surface area (Å²) >= 11 is 0. The number of benzene rings is 1. The molecule has 1 atom stereocenters. The number of piperazine rings is 1. The molecule has 7 heteroatoms. The molecule has 1 aromatic heterocycles. The Kier molecular flexibility index (Phi) is 6.79. The molecular weight excluding hydrogens is 374 g/mol. The standard InChI is InChI=1S/C23H35N7/c1-4-14-28-15-17-29(18-16-28)22(19-10-12-20(13-11-19)27(2)3)23-24-25-26-30(23)21-8-6-5-7-9-21/h4,10-13,21-22H,1,5-9,14-18H2,2-3H3. The van der Waals surface area contributed by atoms with Crippen LogP contribution in [0.3, 0.4) is 0 Å². The normalized spacial score (nSPS) is 20.2. The predicted molar refractivity (Wildman–Crippen MR) is 121 cm³/mol. The minimum atomic E-state index is 0.0871. The summed E-state index contributed by atoms with van der Waals surface area (Å²) in [5.41, 5.74) is 2.48. The van der Waals surface area contributed by atoms with E-state index in [4.69, 9.17) is 0 Å². The van der Waals surface area contributed by atoms with E-state index < -0.39 is 0 Å². The number of aromatic nitrogens is 4. The molecule has 2 aliphatic rings. The van der Waals surface area contributed by atoms with Crippen molar-refractivity contribution in [3.8, 4) is 0 Å². The number of rotatable bonds is 7. The van der Waals surface area contributed by atoms with E-state index in [0.717, 1.165) is 38.5 Å². The second kappa shape index (κ2) is 9.71. The van der Waals surface area contributed by atoms with Crippen LogP contribution >= 0.6 is 0 Å². The monoisotopic (exact) mass is 409 g/mol. The average molecular weight is 410 g/mol. The number of tetrazole rings is 1. The van der Waals surface area contributed by atoms with E-state index in [-0.39, 0.29) is 6.04 Å². The molecule has 30 heavy (non-hydrogen) atoms. The zero-order chi connectivity index (χ0) is 20.9. The Bertz CT molecular complexity index is 799. The van der Waals surface area contributed by atoms with Crippen LogP contribution < -0.4 is 4.90 Å². The van der Waals surface area contributed by atoms with Crippen LogP contribution in [-0.4, -0.2) is 76.8 Å². The van der Waals surface area contributed by atoms with Gasteiger partial charge in [0.1, 0.15) is 0 Å². The van der Waals surface area contributed by atoms with Crippen LogP contribution in [0.5, 0.6) is 0 Å². The Morgan fingerprint density at radius 1 is 1.07 bits per heavy atom. The van der Waals surface area contributed by atoms with Gasteiger partial charge in [0, 0.05) is 52.5 Å². The summed E-state index contributed by atoms with van der Waals surface area (Å²) in [6, 6.07) is 9.40. The van der Waals surface area contributed by atoms with Crippen molar-refractivity contribution in [3.63, 3.8) is 0 Å². The van der Waals surface area contributed by atoms with Gasteiger partial charge in [0.15, 0.2) is 5.82 Å².